The molecule has 3 heteroatoms. The molecule has 1 unspecified atom stereocenters. The Morgan fingerprint density at radius 1 is 1.00 bits per heavy atom. The van der Waals surface area contributed by atoms with Crippen molar-refractivity contribution in [2.24, 2.45) is 0 Å². The molecule has 2 aromatic carbocycles. The first-order chi connectivity index (χ1) is 16.2. The number of pyridine rings is 2. The molecule has 1 aliphatic carbocycles. The Morgan fingerprint density at radius 2 is 1.88 bits per heavy atom. The maximum absolute atomic E-state index is 4.52. The number of fused-ring (bicyclic) bond motifs is 12. The van der Waals surface area contributed by atoms with E-state index in [0.717, 1.165) is 18.2 Å². The first-order valence-corrected chi connectivity index (χ1v) is 12.3. The second-order valence-corrected chi connectivity index (χ2v) is 10.1. The highest BCUT2D eigenvalue weighted by atomic mass is 31.0. The lowest BCUT2D eigenvalue weighted by atomic mass is 9.87. The standard InChI is InChI=1S/C30H23N2P/c1-3-24-21-10-8-9-20-15-23(30-28(19(20)2)27-12-5-7-14-32(27)33-30)17-22(16-21)25-18-31-13-6-4-11-26(31)29(24)25/h3-16,33H,1-2,17-18H2/q+2/b10-8-,20-9+. The lowest BCUT2D eigenvalue weighted by Crippen LogP contribution is -2.31. The van der Waals surface area contributed by atoms with Crippen LogP contribution in [-0.4, -0.2) is 0 Å². The summed E-state index contributed by atoms with van der Waals surface area (Å²) < 4.78 is 4.74. The Morgan fingerprint density at radius 3 is 2.79 bits per heavy atom. The van der Waals surface area contributed by atoms with E-state index in [2.05, 4.69) is 101 Å². The minimum atomic E-state index is 0.610. The smallest absolute Gasteiger partial charge is 0.194 e. The molecule has 0 amide bonds. The first-order valence-electron chi connectivity index (χ1n) is 11.3. The minimum Gasteiger partial charge on any atom is -0.194 e. The van der Waals surface area contributed by atoms with Crippen LogP contribution in [0.2, 0.25) is 0 Å². The summed E-state index contributed by atoms with van der Waals surface area (Å²) in [7, 11) is 0.610. The third-order valence-corrected chi connectivity index (χ3v) is 8.59. The molecule has 5 aromatic rings. The number of aromatic nitrogens is 2. The van der Waals surface area contributed by atoms with E-state index < -0.39 is 0 Å². The summed E-state index contributed by atoms with van der Waals surface area (Å²) in [6.07, 6.45) is 14.0. The maximum Gasteiger partial charge on any atom is 0.220 e. The van der Waals surface area contributed by atoms with Crippen LogP contribution in [0.25, 0.3) is 52.1 Å². The van der Waals surface area contributed by atoms with Crippen LogP contribution in [0.4, 0.5) is 0 Å². The van der Waals surface area contributed by atoms with Crippen molar-refractivity contribution in [1.82, 2.24) is 0 Å². The number of rotatable bonds is 1. The van der Waals surface area contributed by atoms with Gasteiger partial charge in [0.2, 0.25) is 11.2 Å². The number of hydrogen-bond donors (Lipinski definition) is 0. The molecule has 0 fully saturated rings. The Hall–Kier alpha value is -3.74. The molecule has 1 aliphatic heterocycles. The fourth-order valence-corrected chi connectivity index (χ4v) is 7.05. The lowest BCUT2D eigenvalue weighted by molar-refractivity contribution is -0.672. The zero-order valence-corrected chi connectivity index (χ0v) is 19.3. The average Bonchev–Trinajstić information content (AvgIpc) is 3.42. The van der Waals surface area contributed by atoms with Gasteiger partial charge in [0.15, 0.2) is 18.9 Å². The lowest BCUT2D eigenvalue weighted by Gasteiger charge is -2.14. The van der Waals surface area contributed by atoms with Gasteiger partial charge in [0.05, 0.1) is 16.1 Å². The highest BCUT2D eigenvalue weighted by Gasteiger charge is 2.31. The number of hydrogen-bond acceptors (Lipinski definition) is 0. The van der Waals surface area contributed by atoms with Crippen molar-refractivity contribution in [3.63, 3.8) is 0 Å². The molecule has 0 spiro atoms. The van der Waals surface area contributed by atoms with Crippen molar-refractivity contribution in [2.75, 3.05) is 0 Å². The van der Waals surface area contributed by atoms with Crippen LogP contribution in [0.5, 0.6) is 0 Å². The van der Waals surface area contributed by atoms with Crippen LogP contribution in [0, 0.1) is 0 Å². The highest BCUT2D eigenvalue weighted by Crippen LogP contribution is 2.38. The maximum atomic E-state index is 4.52. The SMILES string of the molecule is C=Cc1c2cc(c3c1-c1cccc[n+]1C3)Cc1c/c(c(=C)c3c1[pH][n+]1ccccc31)=C\C=C/2. The zero-order valence-electron chi connectivity index (χ0n) is 18.3. The Bertz CT molecular complexity index is 1800. The van der Waals surface area contributed by atoms with Gasteiger partial charge in [-0.15, -0.1) is 0 Å². The third kappa shape index (κ3) is 2.62. The average molecular weight is 443 g/mol. The first kappa shape index (κ1) is 18.8. The summed E-state index contributed by atoms with van der Waals surface area (Å²) in [5, 5.41) is 5.11. The second-order valence-electron chi connectivity index (χ2n) is 8.93. The number of nitrogens with zero attached hydrogens (tertiary/aromatic N) is 2. The van der Waals surface area contributed by atoms with E-state index in [-0.39, 0.29) is 0 Å². The molecule has 1 atom stereocenters. The molecule has 7 rings (SSSR count). The molecule has 0 saturated carbocycles. The topological polar surface area (TPSA) is 7.98 Å². The quantitative estimate of drug-likeness (QED) is 0.334. The van der Waals surface area contributed by atoms with E-state index in [1.165, 1.54) is 60.3 Å². The van der Waals surface area contributed by atoms with Gasteiger partial charge in [-0.25, -0.2) is 0 Å². The van der Waals surface area contributed by atoms with Gasteiger partial charge in [0, 0.05) is 29.8 Å². The van der Waals surface area contributed by atoms with Crippen LogP contribution in [0.1, 0.15) is 27.8 Å². The molecule has 3 aromatic heterocycles. The van der Waals surface area contributed by atoms with E-state index in [9.17, 15) is 0 Å². The van der Waals surface area contributed by atoms with E-state index >= 15 is 0 Å². The molecule has 2 nitrogen and oxygen atoms in total. The van der Waals surface area contributed by atoms with Crippen LogP contribution in [0.3, 0.4) is 0 Å². The normalized spacial score (nSPS) is 15.8. The molecule has 156 valence electrons. The molecule has 0 N–H and O–H groups in total. The summed E-state index contributed by atoms with van der Waals surface area (Å²) in [4.78, 5) is 0. The van der Waals surface area contributed by atoms with Gasteiger partial charge < -0.3 is 0 Å². The third-order valence-electron chi connectivity index (χ3n) is 7.16. The second kappa shape index (κ2) is 6.88. The van der Waals surface area contributed by atoms with E-state index in [4.69, 9.17) is 0 Å². The summed E-state index contributed by atoms with van der Waals surface area (Å²) in [5.74, 6) is 0. The van der Waals surface area contributed by atoms with Gasteiger partial charge in [-0.2, -0.15) is 8.73 Å². The molecule has 2 aliphatic rings. The summed E-state index contributed by atoms with van der Waals surface area (Å²) in [6, 6.07) is 17.7. The van der Waals surface area contributed by atoms with Gasteiger partial charge >= 0.3 is 0 Å². The van der Waals surface area contributed by atoms with Crippen molar-refractivity contribution in [2.45, 2.75) is 13.0 Å². The summed E-state index contributed by atoms with van der Waals surface area (Å²) in [6.45, 7) is 9.61. The predicted molar refractivity (Wildman–Crippen MR) is 139 cm³/mol. The van der Waals surface area contributed by atoms with Gasteiger partial charge in [0.1, 0.15) is 8.35 Å². The van der Waals surface area contributed by atoms with Crippen LogP contribution >= 0.6 is 8.35 Å². The molecule has 33 heavy (non-hydrogen) atoms. The summed E-state index contributed by atoms with van der Waals surface area (Å²) in [5.41, 5.74) is 10.6. The zero-order chi connectivity index (χ0) is 22.1. The predicted octanol–water partition coefficient (Wildman–Crippen LogP) is 4.38. The molecule has 4 heterocycles. The van der Waals surface area contributed by atoms with E-state index in [1.54, 1.807) is 0 Å². The Balaban J connectivity index is 1.59. The van der Waals surface area contributed by atoms with Gasteiger partial charge in [-0.05, 0) is 57.3 Å². The van der Waals surface area contributed by atoms with Crippen molar-refractivity contribution in [3.8, 4) is 11.3 Å². The highest BCUT2D eigenvalue weighted by molar-refractivity contribution is 7.29. The minimum absolute atomic E-state index is 0.610. The van der Waals surface area contributed by atoms with Crippen molar-refractivity contribution in [3.05, 3.63) is 112 Å². The van der Waals surface area contributed by atoms with Gasteiger partial charge in [-0.3, -0.25) is 0 Å². The Kier molecular flexibility index (Phi) is 3.92. The van der Waals surface area contributed by atoms with Crippen molar-refractivity contribution >= 4 is 49.2 Å². The monoisotopic (exact) mass is 442 g/mol. The summed E-state index contributed by atoms with van der Waals surface area (Å²) >= 11 is 0. The number of allylic oxidation sites excluding steroid dienone is 1. The fourth-order valence-electron chi connectivity index (χ4n) is 5.65. The molecule has 0 saturated heterocycles. The van der Waals surface area contributed by atoms with Crippen molar-refractivity contribution < 1.29 is 8.73 Å². The van der Waals surface area contributed by atoms with Crippen LogP contribution in [0.15, 0.2) is 73.6 Å². The Labute approximate surface area is 193 Å². The fraction of sp³-hybridized carbons (Fsp3) is 0.0667. The molecular formula is C30H23N2P+2. The number of benzene rings is 2. The van der Waals surface area contributed by atoms with Gasteiger partial charge in [0.25, 0.3) is 0 Å². The molecular weight excluding hydrogens is 419 g/mol. The van der Waals surface area contributed by atoms with E-state index in [1.807, 2.05) is 6.08 Å². The van der Waals surface area contributed by atoms with Crippen molar-refractivity contribution in [1.29, 1.82) is 0 Å². The van der Waals surface area contributed by atoms with Gasteiger partial charge in [-0.1, -0.05) is 43.5 Å². The van der Waals surface area contributed by atoms with E-state index in [0.29, 0.717) is 8.35 Å². The van der Waals surface area contributed by atoms with Crippen LogP contribution in [-0.2, 0) is 13.0 Å². The molecule has 4 bridgehead atoms. The largest absolute Gasteiger partial charge is 0.220 e. The van der Waals surface area contributed by atoms with Crippen LogP contribution < -0.4 is 19.2 Å². The molecule has 0 radical (unpaired) electrons.